The maximum atomic E-state index is 13.8. The van der Waals surface area contributed by atoms with Gasteiger partial charge in [-0.3, -0.25) is 4.90 Å². The molecule has 2 atom stereocenters. The molecule has 4 rings (SSSR count). The van der Waals surface area contributed by atoms with Crippen LogP contribution in [0.1, 0.15) is 42.4 Å². The molecular formula is C22H26FNO. The van der Waals surface area contributed by atoms with E-state index in [-0.39, 0.29) is 5.82 Å². The fourth-order valence-corrected chi connectivity index (χ4v) is 4.74. The number of fused-ring (bicyclic) bond motifs is 2. The highest BCUT2D eigenvalue weighted by atomic mass is 19.1. The predicted molar refractivity (Wildman–Crippen MR) is 97.8 cm³/mol. The summed E-state index contributed by atoms with van der Waals surface area (Å²) in [6.45, 7) is 2.74. The van der Waals surface area contributed by atoms with Crippen molar-refractivity contribution in [3.05, 3.63) is 71.0 Å². The molecule has 2 heterocycles. The van der Waals surface area contributed by atoms with Gasteiger partial charge in [-0.2, -0.15) is 0 Å². The molecule has 25 heavy (non-hydrogen) atoms. The number of halogens is 1. The van der Waals surface area contributed by atoms with Crippen LogP contribution < -0.4 is 0 Å². The summed E-state index contributed by atoms with van der Waals surface area (Å²) in [5, 5.41) is 11.2. The van der Waals surface area contributed by atoms with Crippen molar-refractivity contribution in [1.82, 2.24) is 4.90 Å². The summed E-state index contributed by atoms with van der Waals surface area (Å²) in [5.74, 6) is -0.175. The lowest BCUT2D eigenvalue weighted by Gasteiger charge is -2.44. The first-order chi connectivity index (χ1) is 12.0. The van der Waals surface area contributed by atoms with Gasteiger partial charge in [0.05, 0.1) is 5.60 Å². The molecule has 0 amide bonds. The number of rotatable bonds is 4. The Hall–Kier alpha value is -1.71. The third kappa shape index (κ3) is 3.49. The summed E-state index contributed by atoms with van der Waals surface area (Å²) in [7, 11) is 0. The second-order valence-corrected chi connectivity index (χ2v) is 7.94. The van der Waals surface area contributed by atoms with Gasteiger partial charge in [-0.15, -0.1) is 0 Å². The average molecular weight is 339 g/mol. The van der Waals surface area contributed by atoms with Gasteiger partial charge in [0.1, 0.15) is 5.82 Å². The van der Waals surface area contributed by atoms with Gasteiger partial charge in [0.25, 0.3) is 0 Å². The van der Waals surface area contributed by atoms with E-state index in [1.165, 1.54) is 5.56 Å². The highest BCUT2D eigenvalue weighted by Gasteiger charge is 2.47. The van der Waals surface area contributed by atoms with Crippen LogP contribution in [0.5, 0.6) is 0 Å². The normalized spacial score (nSPS) is 29.1. The third-order valence-corrected chi connectivity index (χ3v) is 5.98. The Kier molecular flexibility index (Phi) is 4.38. The zero-order valence-corrected chi connectivity index (χ0v) is 14.8. The van der Waals surface area contributed by atoms with E-state index >= 15 is 0 Å². The quantitative estimate of drug-likeness (QED) is 0.901. The number of piperidine rings is 1. The first-order valence-electron chi connectivity index (χ1n) is 9.29. The summed E-state index contributed by atoms with van der Waals surface area (Å²) < 4.78 is 13.8. The Balaban J connectivity index is 1.47. The minimum atomic E-state index is -0.708. The zero-order valence-electron chi connectivity index (χ0n) is 14.8. The van der Waals surface area contributed by atoms with E-state index in [1.54, 1.807) is 13.0 Å². The molecule has 2 aromatic carbocycles. The smallest absolute Gasteiger partial charge is 0.126 e. The molecule has 2 fully saturated rings. The Labute approximate surface area is 149 Å². The lowest BCUT2D eigenvalue weighted by atomic mass is 9.81. The second kappa shape index (κ2) is 6.54. The number of aliphatic hydroxyl groups is 1. The van der Waals surface area contributed by atoms with Gasteiger partial charge in [0.2, 0.25) is 0 Å². The molecule has 2 aliphatic heterocycles. The van der Waals surface area contributed by atoms with Crippen molar-refractivity contribution >= 4 is 0 Å². The molecule has 0 aliphatic carbocycles. The van der Waals surface area contributed by atoms with Gasteiger partial charge in [-0.1, -0.05) is 42.5 Å². The maximum Gasteiger partial charge on any atom is 0.126 e. The monoisotopic (exact) mass is 339 g/mol. The van der Waals surface area contributed by atoms with Crippen LogP contribution in [0.4, 0.5) is 4.39 Å². The van der Waals surface area contributed by atoms with Gasteiger partial charge in [0, 0.05) is 25.0 Å². The third-order valence-electron chi connectivity index (χ3n) is 5.98. The Morgan fingerprint density at radius 1 is 1.04 bits per heavy atom. The van der Waals surface area contributed by atoms with Crippen LogP contribution in [0.15, 0.2) is 48.5 Å². The molecule has 2 saturated heterocycles. The van der Waals surface area contributed by atoms with Gasteiger partial charge in [-0.25, -0.2) is 4.39 Å². The maximum absolute atomic E-state index is 13.8. The van der Waals surface area contributed by atoms with Gasteiger partial charge < -0.3 is 5.11 Å². The van der Waals surface area contributed by atoms with E-state index in [4.69, 9.17) is 0 Å². The van der Waals surface area contributed by atoms with E-state index in [2.05, 4.69) is 29.2 Å². The first kappa shape index (κ1) is 16.7. The largest absolute Gasteiger partial charge is 0.389 e. The molecule has 0 saturated carbocycles. The number of hydrogen-bond donors (Lipinski definition) is 1. The summed E-state index contributed by atoms with van der Waals surface area (Å²) in [5.41, 5.74) is 2.20. The van der Waals surface area contributed by atoms with Crippen molar-refractivity contribution in [2.45, 2.75) is 63.3 Å². The SMILES string of the molecule is Cc1ccc(CC2(O)CC3CCC(C2)N3Cc2ccccc2)cc1F. The molecule has 2 nitrogen and oxygen atoms in total. The molecule has 2 aromatic rings. The van der Waals surface area contributed by atoms with Gasteiger partial charge in [-0.05, 0) is 55.4 Å². The summed E-state index contributed by atoms with van der Waals surface area (Å²) in [6, 6.07) is 16.8. The molecule has 3 heteroatoms. The molecule has 2 unspecified atom stereocenters. The van der Waals surface area contributed by atoms with Crippen molar-refractivity contribution in [3.63, 3.8) is 0 Å². The van der Waals surface area contributed by atoms with E-state index in [0.717, 1.165) is 37.8 Å². The van der Waals surface area contributed by atoms with E-state index in [0.29, 0.717) is 24.1 Å². The van der Waals surface area contributed by atoms with Crippen molar-refractivity contribution < 1.29 is 9.50 Å². The highest BCUT2D eigenvalue weighted by molar-refractivity contribution is 5.25. The molecule has 2 aliphatic rings. The minimum absolute atomic E-state index is 0.175. The van der Waals surface area contributed by atoms with Crippen LogP contribution in [0.25, 0.3) is 0 Å². The van der Waals surface area contributed by atoms with Crippen molar-refractivity contribution in [2.75, 3.05) is 0 Å². The minimum Gasteiger partial charge on any atom is -0.389 e. The Morgan fingerprint density at radius 3 is 2.36 bits per heavy atom. The second-order valence-electron chi connectivity index (χ2n) is 7.94. The van der Waals surface area contributed by atoms with Crippen LogP contribution in [-0.2, 0) is 13.0 Å². The fourth-order valence-electron chi connectivity index (χ4n) is 4.74. The molecule has 0 radical (unpaired) electrons. The topological polar surface area (TPSA) is 23.5 Å². The van der Waals surface area contributed by atoms with Crippen LogP contribution in [0.3, 0.4) is 0 Å². The summed E-state index contributed by atoms with van der Waals surface area (Å²) >= 11 is 0. The van der Waals surface area contributed by atoms with Crippen molar-refractivity contribution in [3.8, 4) is 0 Å². The fraction of sp³-hybridized carbons (Fsp3) is 0.455. The van der Waals surface area contributed by atoms with E-state index < -0.39 is 5.60 Å². The molecule has 2 bridgehead atoms. The molecular weight excluding hydrogens is 313 g/mol. The number of aryl methyl sites for hydroxylation is 1. The molecule has 0 aromatic heterocycles. The van der Waals surface area contributed by atoms with Gasteiger partial charge >= 0.3 is 0 Å². The standard InChI is InChI=1S/C22H26FNO/c1-16-7-8-18(11-21(16)23)12-22(25)13-19-9-10-20(14-22)24(19)15-17-5-3-2-4-6-17/h2-8,11,19-20,25H,9-10,12-15H2,1H3. The van der Waals surface area contributed by atoms with Crippen molar-refractivity contribution in [1.29, 1.82) is 0 Å². The highest BCUT2D eigenvalue weighted by Crippen LogP contribution is 2.43. The average Bonchev–Trinajstić information content (AvgIpc) is 2.83. The number of benzene rings is 2. The molecule has 132 valence electrons. The van der Waals surface area contributed by atoms with Crippen LogP contribution in [0.2, 0.25) is 0 Å². The van der Waals surface area contributed by atoms with Crippen LogP contribution in [-0.4, -0.2) is 27.7 Å². The summed E-state index contributed by atoms with van der Waals surface area (Å²) in [4.78, 5) is 2.57. The predicted octanol–water partition coefficient (Wildman–Crippen LogP) is 4.23. The van der Waals surface area contributed by atoms with Crippen LogP contribution >= 0.6 is 0 Å². The van der Waals surface area contributed by atoms with E-state index in [9.17, 15) is 9.50 Å². The lowest BCUT2D eigenvalue weighted by Crippen LogP contribution is -2.51. The van der Waals surface area contributed by atoms with Gasteiger partial charge in [0.15, 0.2) is 0 Å². The van der Waals surface area contributed by atoms with Crippen LogP contribution in [0, 0.1) is 12.7 Å². The molecule has 1 N–H and O–H groups in total. The lowest BCUT2D eigenvalue weighted by molar-refractivity contribution is -0.0540. The van der Waals surface area contributed by atoms with E-state index in [1.807, 2.05) is 18.2 Å². The zero-order chi connectivity index (χ0) is 17.4. The number of hydrogen-bond acceptors (Lipinski definition) is 2. The Bertz CT molecular complexity index is 731. The number of nitrogens with zero attached hydrogens (tertiary/aromatic N) is 1. The summed E-state index contributed by atoms with van der Waals surface area (Å²) in [6.07, 6.45) is 4.43. The molecule has 0 spiro atoms. The van der Waals surface area contributed by atoms with Crippen molar-refractivity contribution in [2.24, 2.45) is 0 Å². The Morgan fingerprint density at radius 2 is 1.72 bits per heavy atom. The first-order valence-corrected chi connectivity index (χ1v) is 9.29.